The Balaban J connectivity index is 2.21. The lowest BCUT2D eigenvalue weighted by molar-refractivity contribution is -0.118. The molecule has 5 heteroatoms. The molecule has 1 heterocycles. The van der Waals surface area contributed by atoms with Crippen LogP contribution in [-0.4, -0.2) is 16.9 Å². The number of amides is 1. The van der Waals surface area contributed by atoms with Gasteiger partial charge in [0, 0.05) is 11.6 Å². The lowest BCUT2D eigenvalue weighted by atomic mass is 10.0. The SMILES string of the molecule is CC(C)c1nc2ccc(NC(=O)[C@@H](N)C(C)C)cc2s1. The zero-order valence-corrected chi connectivity index (χ0v) is 13.1. The molecule has 2 aromatic rings. The summed E-state index contributed by atoms with van der Waals surface area (Å²) >= 11 is 1.67. The lowest BCUT2D eigenvalue weighted by Gasteiger charge is -2.15. The summed E-state index contributed by atoms with van der Waals surface area (Å²) in [6.07, 6.45) is 0. The van der Waals surface area contributed by atoms with E-state index in [2.05, 4.69) is 24.1 Å². The van der Waals surface area contributed by atoms with Crippen LogP contribution in [0.4, 0.5) is 5.69 Å². The minimum Gasteiger partial charge on any atom is -0.325 e. The lowest BCUT2D eigenvalue weighted by Crippen LogP contribution is -2.39. The molecule has 3 N–H and O–H groups in total. The first-order valence-corrected chi connectivity index (χ1v) is 7.67. The van der Waals surface area contributed by atoms with Crippen molar-refractivity contribution in [3.8, 4) is 0 Å². The summed E-state index contributed by atoms with van der Waals surface area (Å²) in [6, 6.07) is 5.29. The van der Waals surface area contributed by atoms with E-state index in [0.717, 1.165) is 20.9 Å². The van der Waals surface area contributed by atoms with Gasteiger partial charge in [0.2, 0.25) is 5.91 Å². The van der Waals surface area contributed by atoms with Crippen molar-refractivity contribution in [3.05, 3.63) is 23.2 Å². The number of hydrogen-bond donors (Lipinski definition) is 2. The molecule has 0 aliphatic rings. The molecule has 0 saturated heterocycles. The normalized spacial score (nSPS) is 13.2. The Morgan fingerprint density at radius 1 is 1.30 bits per heavy atom. The predicted octanol–water partition coefficient (Wildman–Crippen LogP) is 3.34. The van der Waals surface area contributed by atoms with Gasteiger partial charge in [-0.1, -0.05) is 27.7 Å². The van der Waals surface area contributed by atoms with Crippen LogP contribution in [0.3, 0.4) is 0 Å². The Morgan fingerprint density at radius 2 is 2.00 bits per heavy atom. The standard InChI is InChI=1S/C15H21N3OS/c1-8(2)13(16)14(19)17-10-5-6-11-12(7-10)20-15(18-11)9(3)4/h5-9,13H,16H2,1-4H3,(H,17,19)/t13-/m0/s1. The minimum atomic E-state index is -0.488. The average Bonchev–Trinajstić information content (AvgIpc) is 2.80. The van der Waals surface area contributed by atoms with E-state index in [4.69, 9.17) is 5.73 Å². The van der Waals surface area contributed by atoms with Gasteiger partial charge >= 0.3 is 0 Å². The van der Waals surface area contributed by atoms with Crippen LogP contribution in [0, 0.1) is 5.92 Å². The van der Waals surface area contributed by atoms with Crippen LogP contribution in [0.5, 0.6) is 0 Å². The number of nitrogens with two attached hydrogens (primary N) is 1. The first kappa shape index (κ1) is 14.9. The summed E-state index contributed by atoms with van der Waals surface area (Å²) in [5.74, 6) is 0.391. The van der Waals surface area contributed by atoms with E-state index < -0.39 is 6.04 Å². The van der Waals surface area contributed by atoms with Crippen molar-refractivity contribution in [2.24, 2.45) is 11.7 Å². The van der Waals surface area contributed by atoms with Crippen molar-refractivity contribution in [1.82, 2.24) is 4.98 Å². The van der Waals surface area contributed by atoms with Gasteiger partial charge in [0.1, 0.15) is 0 Å². The van der Waals surface area contributed by atoms with Gasteiger partial charge in [0.15, 0.2) is 0 Å². The van der Waals surface area contributed by atoms with E-state index in [1.807, 2.05) is 32.0 Å². The number of carbonyl (C=O) groups excluding carboxylic acids is 1. The first-order chi connectivity index (χ1) is 9.38. The van der Waals surface area contributed by atoms with Crippen molar-refractivity contribution >= 4 is 33.1 Å². The second-order valence-electron chi connectivity index (χ2n) is 5.65. The van der Waals surface area contributed by atoms with Crippen molar-refractivity contribution in [2.75, 3.05) is 5.32 Å². The first-order valence-electron chi connectivity index (χ1n) is 6.85. The fourth-order valence-corrected chi connectivity index (χ4v) is 2.80. The van der Waals surface area contributed by atoms with Gasteiger partial charge < -0.3 is 11.1 Å². The second-order valence-corrected chi connectivity index (χ2v) is 6.71. The molecule has 1 amide bonds. The number of aromatic nitrogens is 1. The van der Waals surface area contributed by atoms with E-state index in [-0.39, 0.29) is 11.8 Å². The van der Waals surface area contributed by atoms with Crippen molar-refractivity contribution < 1.29 is 4.79 Å². The topological polar surface area (TPSA) is 68.0 Å². The number of fused-ring (bicyclic) bond motifs is 1. The van der Waals surface area contributed by atoms with E-state index >= 15 is 0 Å². The Kier molecular flexibility index (Phi) is 4.40. The molecule has 1 aromatic heterocycles. The molecule has 0 bridgehead atoms. The third kappa shape index (κ3) is 3.16. The van der Waals surface area contributed by atoms with Gasteiger partial charge in [-0.05, 0) is 24.1 Å². The number of nitrogens with zero attached hydrogens (tertiary/aromatic N) is 1. The number of rotatable bonds is 4. The molecule has 0 aliphatic heterocycles. The van der Waals surface area contributed by atoms with Crippen LogP contribution in [0.15, 0.2) is 18.2 Å². The summed E-state index contributed by atoms with van der Waals surface area (Å²) in [4.78, 5) is 16.5. The maximum Gasteiger partial charge on any atom is 0.241 e. The molecule has 20 heavy (non-hydrogen) atoms. The molecule has 0 fully saturated rings. The smallest absolute Gasteiger partial charge is 0.241 e. The number of carbonyl (C=O) groups is 1. The van der Waals surface area contributed by atoms with Gasteiger partial charge in [-0.3, -0.25) is 4.79 Å². The Morgan fingerprint density at radius 3 is 2.60 bits per heavy atom. The number of benzene rings is 1. The number of anilines is 1. The van der Waals surface area contributed by atoms with Gasteiger partial charge in [0.25, 0.3) is 0 Å². The second kappa shape index (κ2) is 5.89. The number of thiazole rings is 1. The average molecular weight is 291 g/mol. The fourth-order valence-electron chi connectivity index (χ4n) is 1.80. The summed E-state index contributed by atoms with van der Waals surface area (Å²) in [5, 5.41) is 3.98. The molecular weight excluding hydrogens is 270 g/mol. The zero-order valence-electron chi connectivity index (χ0n) is 12.3. The van der Waals surface area contributed by atoms with Crippen molar-refractivity contribution in [1.29, 1.82) is 0 Å². The van der Waals surface area contributed by atoms with E-state index in [1.165, 1.54) is 0 Å². The van der Waals surface area contributed by atoms with E-state index in [1.54, 1.807) is 11.3 Å². The van der Waals surface area contributed by atoms with E-state index in [0.29, 0.717) is 5.92 Å². The Bertz CT molecular complexity index is 619. The molecule has 0 radical (unpaired) electrons. The van der Waals surface area contributed by atoms with Gasteiger partial charge in [-0.25, -0.2) is 4.98 Å². The Labute approximate surface area is 123 Å². The molecule has 0 saturated carbocycles. The largest absolute Gasteiger partial charge is 0.325 e. The molecule has 108 valence electrons. The maximum atomic E-state index is 12.0. The van der Waals surface area contributed by atoms with Gasteiger partial charge in [-0.2, -0.15) is 0 Å². The van der Waals surface area contributed by atoms with Gasteiger partial charge in [-0.15, -0.1) is 11.3 Å². The highest BCUT2D eigenvalue weighted by Gasteiger charge is 2.17. The molecule has 4 nitrogen and oxygen atoms in total. The predicted molar refractivity (Wildman–Crippen MR) is 85.2 cm³/mol. The maximum absolute atomic E-state index is 12.0. The van der Waals surface area contributed by atoms with Crippen LogP contribution in [-0.2, 0) is 4.79 Å². The summed E-state index contributed by atoms with van der Waals surface area (Å²) in [6.45, 7) is 8.13. The van der Waals surface area contributed by atoms with Crippen molar-refractivity contribution in [2.45, 2.75) is 39.7 Å². The summed E-state index contributed by atoms with van der Waals surface area (Å²) in [7, 11) is 0. The highest BCUT2D eigenvalue weighted by Crippen LogP contribution is 2.29. The fraction of sp³-hybridized carbons (Fsp3) is 0.467. The minimum absolute atomic E-state index is 0.120. The van der Waals surface area contributed by atoms with Crippen LogP contribution in [0.25, 0.3) is 10.2 Å². The number of hydrogen-bond acceptors (Lipinski definition) is 4. The third-order valence-corrected chi connectivity index (χ3v) is 4.51. The molecule has 0 spiro atoms. The van der Waals surface area contributed by atoms with Crippen LogP contribution in [0.2, 0.25) is 0 Å². The summed E-state index contributed by atoms with van der Waals surface area (Å²) in [5.41, 5.74) is 7.59. The molecule has 0 aliphatic carbocycles. The van der Waals surface area contributed by atoms with E-state index in [9.17, 15) is 4.79 Å². The molecule has 2 rings (SSSR count). The monoisotopic (exact) mass is 291 g/mol. The Hall–Kier alpha value is -1.46. The van der Waals surface area contributed by atoms with Gasteiger partial charge in [0.05, 0.1) is 21.3 Å². The molecule has 1 atom stereocenters. The molecule has 1 aromatic carbocycles. The summed E-state index contributed by atoms with van der Waals surface area (Å²) < 4.78 is 1.09. The zero-order chi connectivity index (χ0) is 14.9. The van der Waals surface area contributed by atoms with Crippen LogP contribution >= 0.6 is 11.3 Å². The quantitative estimate of drug-likeness (QED) is 0.907. The number of nitrogens with one attached hydrogen (secondary N) is 1. The molecule has 0 unspecified atom stereocenters. The molecular formula is C15H21N3OS. The van der Waals surface area contributed by atoms with Crippen molar-refractivity contribution in [3.63, 3.8) is 0 Å². The van der Waals surface area contributed by atoms with Crippen LogP contribution < -0.4 is 11.1 Å². The van der Waals surface area contributed by atoms with Crippen LogP contribution in [0.1, 0.15) is 38.6 Å². The third-order valence-electron chi connectivity index (χ3n) is 3.19. The highest BCUT2D eigenvalue weighted by atomic mass is 32.1. The highest BCUT2D eigenvalue weighted by molar-refractivity contribution is 7.18.